The van der Waals surface area contributed by atoms with Crippen LogP contribution in [0.5, 0.6) is 5.75 Å². The van der Waals surface area contributed by atoms with E-state index >= 15 is 0 Å². The van der Waals surface area contributed by atoms with Gasteiger partial charge in [-0.2, -0.15) is 9.65 Å². The second-order valence-corrected chi connectivity index (χ2v) is 4.58. The van der Waals surface area contributed by atoms with Crippen LogP contribution in [-0.2, 0) is 0 Å². The lowest BCUT2D eigenvalue weighted by atomic mass is 10.1. The fraction of sp³-hybridized carbons (Fsp3) is 0.462. The van der Waals surface area contributed by atoms with E-state index in [9.17, 15) is 8.78 Å². The van der Waals surface area contributed by atoms with Crippen LogP contribution >= 0.6 is 0 Å². The van der Waals surface area contributed by atoms with Crippen LogP contribution in [0, 0.1) is 23.0 Å². The number of hydrogen-bond acceptors (Lipinski definition) is 3. The van der Waals surface area contributed by atoms with Gasteiger partial charge in [-0.05, 0) is 32.9 Å². The molecular formula is C13H16F2N2O. The smallest absolute Gasteiger partial charge is 0.200 e. The van der Waals surface area contributed by atoms with Crippen molar-refractivity contribution in [2.45, 2.75) is 32.4 Å². The molecule has 1 rings (SSSR count). The number of ether oxygens (including phenoxy) is 1. The van der Waals surface area contributed by atoms with Gasteiger partial charge in [0.15, 0.2) is 11.6 Å². The molecule has 98 valence electrons. The fourth-order valence-electron chi connectivity index (χ4n) is 1.56. The maximum atomic E-state index is 13.3. The van der Waals surface area contributed by atoms with Crippen molar-refractivity contribution in [2.75, 3.05) is 6.61 Å². The Morgan fingerprint density at radius 1 is 1.44 bits per heavy atom. The summed E-state index contributed by atoms with van der Waals surface area (Å²) in [4.78, 5) is 0. The standard InChI is InChI=1S/C13H16F2N2O/c1-9(2)17-13(3,7-16)8-18-11-6-4-5-10(14)12(11)15/h4-6,9,17H,8H2,1-3H3. The van der Waals surface area contributed by atoms with Gasteiger partial charge in [0.2, 0.25) is 5.82 Å². The van der Waals surface area contributed by atoms with Gasteiger partial charge in [0, 0.05) is 6.04 Å². The molecule has 1 N–H and O–H groups in total. The lowest BCUT2D eigenvalue weighted by Gasteiger charge is -2.25. The Kier molecular flexibility index (Phi) is 4.62. The minimum absolute atomic E-state index is 0.0674. The molecule has 0 aliphatic carbocycles. The average Bonchev–Trinajstić information content (AvgIpc) is 2.30. The first-order valence-corrected chi connectivity index (χ1v) is 5.64. The van der Waals surface area contributed by atoms with Crippen LogP contribution < -0.4 is 10.1 Å². The van der Waals surface area contributed by atoms with Crippen molar-refractivity contribution >= 4 is 0 Å². The van der Waals surface area contributed by atoms with Crippen molar-refractivity contribution < 1.29 is 13.5 Å². The van der Waals surface area contributed by atoms with Crippen LogP contribution in [0.1, 0.15) is 20.8 Å². The van der Waals surface area contributed by atoms with Crippen molar-refractivity contribution in [3.8, 4) is 11.8 Å². The Morgan fingerprint density at radius 3 is 2.67 bits per heavy atom. The molecule has 1 aromatic rings. The van der Waals surface area contributed by atoms with E-state index in [-0.39, 0.29) is 18.4 Å². The first-order valence-electron chi connectivity index (χ1n) is 5.64. The summed E-state index contributed by atoms with van der Waals surface area (Å²) in [7, 11) is 0. The number of hydrogen-bond donors (Lipinski definition) is 1. The topological polar surface area (TPSA) is 45.0 Å². The Labute approximate surface area is 105 Å². The molecule has 0 saturated heterocycles. The summed E-state index contributed by atoms with van der Waals surface area (Å²) in [6.45, 7) is 5.35. The highest BCUT2D eigenvalue weighted by atomic mass is 19.2. The number of nitrogens with zero attached hydrogens (tertiary/aromatic N) is 1. The number of nitrogens with one attached hydrogen (secondary N) is 1. The summed E-state index contributed by atoms with van der Waals surface area (Å²) in [5.74, 6) is -2.20. The minimum atomic E-state index is -1.04. The third kappa shape index (κ3) is 3.67. The molecule has 18 heavy (non-hydrogen) atoms. The minimum Gasteiger partial charge on any atom is -0.487 e. The zero-order valence-corrected chi connectivity index (χ0v) is 10.6. The summed E-state index contributed by atoms with van der Waals surface area (Å²) >= 11 is 0. The third-order valence-corrected chi connectivity index (χ3v) is 2.29. The molecule has 0 bridgehead atoms. The van der Waals surface area contributed by atoms with E-state index in [4.69, 9.17) is 10.00 Å². The zero-order chi connectivity index (χ0) is 13.8. The van der Waals surface area contributed by atoms with E-state index in [1.165, 1.54) is 12.1 Å². The van der Waals surface area contributed by atoms with Crippen molar-refractivity contribution in [1.29, 1.82) is 5.26 Å². The summed E-state index contributed by atoms with van der Waals surface area (Å²) < 4.78 is 31.5. The molecule has 0 heterocycles. The Balaban J connectivity index is 2.75. The Morgan fingerprint density at radius 2 is 2.11 bits per heavy atom. The molecule has 0 aliphatic rings. The van der Waals surface area contributed by atoms with Gasteiger partial charge in [-0.3, -0.25) is 5.32 Å². The second-order valence-electron chi connectivity index (χ2n) is 4.58. The molecule has 0 fully saturated rings. The van der Waals surface area contributed by atoms with E-state index in [0.717, 1.165) is 6.07 Å². The van der Waals surface area contributed by atoms with Crippen LogP contribution in [0.2, 0.25) is 0 Å². The third-order valence-electron chi connectivity index (χ3n) is 2.29. The van der Waals surface area contributed by atoms with Crippen LogP contribution in [0.4, 0.5) is 8.78 Å². The lowest BCUT2D eigenvalue weighted by molar-refractivity contribution is 0.215. The zero-order valence-electron chi connectivity index (χ0n) is 10.6. The predicted molar refractivity (Wildman–Crippen MR) is 64.1 cm³/mol. The van der Waals surface area contributed by atoms with Crippen LogP contribution in [0.15, 0.2) is 18.2 Å². The summed E-state index contributed by atoms with van der Waals surface area (Å²) in [6.07, 6.45) is 0. The van der Waals surface area contributed by atoms with E-state index in [0.29, 0.717) is 0 Å². The number of benzene rings is 1. The highest BCUT2D eigenvalue weighted by Gasteiger charge is 2.26. The highest BCUT2D eigenvalue weighted by Crippen LogP contribution is 2.20. The van der Waals surface area contributed by atoms with E-state index in [1.807, 2.05) is 13.8 Å². The molecule has 1 unspecified atom stereocenters. The van der Waals surface area contributed by atoms with Crippen LogP contribution in [-0.4, -0.2) is 18.2 Å². The fourth-order valence-corrected chi connectivity index (χ4v) is 1.56. The van der Waals surface area contributed by atoms with Crippen LogP contribution in [0.25, 0.3) is 0 Å². The number of halogens is 2. The Hall–Kier alpha value is -1.67. The summed E-state index contributed by atoms with van der Waals surface area (Å²) in [5.41, 5.74) is -0.951. The molecule has 3 nitrogen and oxygen atoms in total. The van der Waals surface area contributed by atoms with Crippen molar-refractivity contribution in [2.24, 2.45) is 0 Å². The first kappa shape index (κ1) is 14.4. The maximum absolute atomic E-state index is 13.3. The normalized spacial score (nSPS) is 14.1. The lowest BCUT2D eigenvalue weighted by Crippen LogP contribution is -2.49. The van der Waals surface area contributed by atoms with Gasteiger partial charge in [0.05, 0.1) is 6.07 Å². The summed E-state index contributed by atoms with van der Waals surface area (Å²) in [6, 6.07) is 5.83. The molecule has 5 heteroatoms. The predicted octanol–water partition coefficient (Wildman–Crippen LogP) is 2.62. The number of nitriles is 1. The van der Waals surface area contributed by atoms with E-state index in [2.05, 4.69) is 11.4 Å². The van der Waals surface area contributed by atoms with E-state index < -0.39 is 17.2 Å². The van der Waals surface area contributed by atoms with Crippen molar-refractivity contribution in [3.05, 3.63) is 29.8 Å². The molecule has 0 aromatic heterocycles. The van der Waals surface area contributed by atoms with Gasteiger partial charge in [-0.1, -0.05) is 6.07 Å². The van der Waals surface area contributed by atoms with Gasteiger partial charge in [0.1, 0.15) is 12.1 Å². The van der Waals surface area contributed by atoms with Crippen molar-refractivity contribution in [1.82, 2.24) is 5.32 Å². The maximum Gasteiger partial charge on any atom is 0.200 e. The SMILES string of the molecule is CC(C)NC(C)(C#N)COc1cccc(F)c1F. The van der Waals surface area contributed by atoms with Gasteiger partial charge in [-0.25, -0.2) is 4.39 Å². The molecule has 0 aliphatic heterocycles. The Bertz CT molecular complexity index is 457. The molecule has 0 amide bonds. The van der Waals surface area contributed by atoms with Crippen molar-refractivity contribution in [3.63, 3.8) is 0 Å². The first-order chi connectivity index (χ1) is 8.38. The molecule has 0 saturated carbocycles. The van der Waals surface area contributed by atoms with Gasteiger partial charge in [-0.15, -0.1) is 0 Å². The molecule has 1 atom stereocenters. The molecular weight excluding hydrogens is 238 g/mol. The highest BCUT2D eigenvalue weighted by molar-refractivity contribution is 5.25. The van der Waals surface area contributed by atoms with E-state index in [1.54, 1.807) is 6.92 Å². The quantitative estimate of drug-likeness (QED) is 0.878. The van der Waals surface area contributed by atoms with Gasteiger partial charge >= 0.3 is 0 Å². The molecule has 1 aromatic carbocycles. The molecule has 0 spiro atoms. The second kappa shape index (κ2) is 5.78. The average molecular weight is 254 g/mol. The van der Waals surface area contributed by atoms with Crippen LogP contribution in [0.3, 0.4) is 0 Å². The monoisotopic (exact) mass is 254 g/mol. The number of rotatable bonds is 5. The van der Waals surface area contributed by atoms with Gasteiger partial charge < -0.3 is 4.74 Å². The largest absolute Gasteiger partial charge is 0.487 e. The van der Waals surface area contributed by atoms with Gasteiger partial charge in [0.25, 0.3) is 0 Å². The summed E-state index contributed by atoms with van der Waals surface area (Å²) in [5, 5.41) is 12.1. The molecule has 0 radical (unpaired) electrons.